The minimum Gasteiger partial charge on any atom is -0.0654 e. The number of fused-ring (bicyclic) bond motifs is 1. The summed E-state index contributed by atoms with van der Waals surface area (Å²) in [5.41, 5.74) is 9.29. The molecule has 0 N–H and O–H groups in total. The minimum absolute atomic E-state index is 0.207. The fourth-order valence-electron chi connectivity index (χ4n) is 5.17. The van der Waals surface area contributed by atoms with Crippen LogP contribution in [0.25, 0.3) is 16.3 Å². The molecule has 1 radical (unpaired) electrons. The van der Waals surface area contributed by atoms with Crippen LogP contribution in [0, 0.1) is 6.42 Å². The van der Waals surface area contributed by atoms with Crippen LogP contribution in [0.15, 0.2) is 42.0 Å². The summed E-state index contributed by atoms with van der Waals surface area (Å²) in [5.74, 6) is 0. The third kappa shape index (κ3) is 3.12. The highest BCUT2D eigenvalue weighted by atomic mass is 28.3. The molecule has 2 bridgehead atoms. The van der Waals surface area contributed by atoms with E-state index in [9.17, 15) is 0 Å². The average molecular weight is 388 g/mol. The van der Waals surface area contributed by atoms with Crippen LogP contribution in [0.1, 0.15) is 76.5 Å². The molecule has 0 amide bonds. The Kier molecular flexibility index (Phi) is 4.94. The zero-order chi connectivity index (χ0) is 20.1. The van der Waals surface area contributed by atoms with Gasteiger partial charge in [0.1, 0.15) is 8.07 Å². The van der Waals surface area contributed by atoms with Crippen molar-refractivity contribution in [3.63, 3.8) is 0 Å². The molecule has 0 saturated carbocycles. The molecule has 1 heteroatoms. The van der Waals surface area contributed by atoms with Gasteiger partial charge in [0.2, 0.25) is 0 Å². The summed E-state index contributed by atoms with van der Waals surface area (Å²) in [4.78, 5) is 0. The second kappa shape index (κ2) is 7.02. The second-order valence-corrected chi connectivity index (χ2v) is 14.5. The molecule has 2 aliphatic rings. The molecular formula is C27H35Si. The lowest BCUT2D eigenvalue weighted by Crippen LogP contribution is -2.39. The zero-order valence-electron chi connectivity index (χ0n) is 18.6. The Morgan fingerprint density at radius 2 is 1.54 bits per heavy atom. The van der Waals surface area contributed by atoms with Gasteiger partial charge in [0, 0.05) is 6.42 Å². The predicted molar refractivity (Wildman–Crippen MR) is 127 cm³/mol. The van der Waals surface area contributed by atoms with E-state index >= 15 is 0 Å². The van der Waals surface area contributed by atoms with Crippen LogP contribution in [-0.4, -0.2) is 8.07 Å². The number of allylic oxidation sites excluding steroid dienone is 1. The molecule has 147 valence electrons. The summed E-state index contributed by atoms with van der Waals surface area (Å²) in [6.07, 6.45) is 9.16. The first-order valence-electron chi connectivity index (χ1n) is 11.1. The fraction of sp³-hybridized carbons (Fsp3) is 0.444. The maximum absolute atomic E-state index is 2.56. The Hall–Kier alpha value is -1.60. The molecule has 0 nitrogen and oxygen atoms in total. The van der Waals surface area contributed by atoms with Crippen LogP contribution in [0.2, 0.25) is 13.1 Å². The lowest BCUT2D eigenvalue weighted by molar-refractivity contribution is 0.590. The van der Waals surface area contributed by atoms with Crippen LogP contribution in [0.3, 0.4) is 0 Å². The summed E-state index contributed by atoms with van der Waals surface area (Å²) in [6.45, 7) is 14.3. The summed E-state index contributed by atoms with van der Waals surface area (Å²) in [6, 6.07) is 14.2. The molecule has 4 rings (SSSR count). The molecular weight excluding hydrogens is 352 g/mol. The van der Waals surface area contributed by atoms with Gasteiger partial charge in [-0.15, -0.1) is 0 Å². The summed E-state index contributed by atoms with van der Waals surface area (Å²) >= 11 is 0. The van der Waals surface area contributed by atoms with Gasteiger partial charge in [0.25, 0.3) is 0 Å². The maximum Gasteiger partial charge on any atom is 0.113 e. The largest absolute Gasteiger partial charge is 0.113 e. The van der Waals surface area contributed by atoms with Gasteiger partial charge in [-0.25, -0.2) is 0 Å². The number of rotatable bonds is 6. The van der Waals surface area contributed by atoms with Gasteiger partial charge in [-0.3, -0.25) is 0 Å². The van der Waals surface area contributed by atoms with Crippen LogP contribution >= 0.6 is 0 Å². The molecule has 0 saturated heterocycles. The standard InChI is InChI=1S/C27H35Si/c1-7-8-9-10-11-21-18-20-14-17-23-24(25(20)26(21)28(23,5)6)19-12-15-22(16-13-19)27(2,3)4/h12-18H,7-11H2,1-6H3. The lowest BCUT2D eigenvalue weighted by atomic mass is 9.86. The topological polar surface area (TPSA) is 0 Å². The Morgan fingerprint density at radius 3 is 2.18 bits per heavy atom. The Morgan fingerprint density at radius 1 is 0.821 bits per heavy atom. The predicted octanol–water partition coefficient (Wildman–Crippen LogP) is 7.41. The van der Waals surface area contributed by atoms with E-state index in [4.69, 9.17) is 0 Å². The van der Waals surface area contributed by atoms with Crippen LogP contribution in [-0.2, 0) is 5.41 Å². The smallest absolute Gasteiger partial charge is 0.0654 e. The number of hydrogen-bond acceptors (Lipinski definition) is 0. The normalized spacial score (nSPS) is 16.9. The highest BCUT2D eigenvalue weighted by molar-refractivity contribution is 7.07. The first-order valence-corrected chi connectivity index (χ1v) is 14.1. The minimum atomic E-state index is -1.60. The molecule has 0 unspecified atom stereocenters. The van der Waals surface area contributed by atoms with Crippen molar-refractivity contribution < 1.29 is 0 Å². The Bertz CT molecular complexity index is 920. The first-order chi connectivity index (χ1) is 13.2. The van der Waals surface area contributed by atoms with Gasteiger partial charge in [-0.05, 0) is 56.5 Å². The lowest BCUT2D eigenvalue weighted by Gasteiger charge is -2.22. The summed E-state index contributed by atoms with van der Waals surface area (Å²) < 4.78 is 0. The molecule has 0 aromatic heterocycles. The SMILES string of the molecule is CCCCCCC1=C2c3c(ccc(c3-c3ccc(C(C)(C)C)cc3)[Si]2(C)C)[CH]1. The number of unbranched alkanes of at least 4 members (excludes halogenated alkanes) is 3. The van der Waals surface area contributed by atoms with Crippen molar-refractivity contribution in [1.82, 2.24) is 0 Å². The molecule has 0 spiro atoms. The van der Waals surface area contributed by atoms with Gasteiger partial charge in [0.05, 0.1) is 0 Å². The van der Waals surface area contributed by atoms with E-state index in [2.05, 4.69) is 83.6 Å². The quantitative estimate of drug-likeness (QED) is 0.357. The highest BCUT2D eigenvalue weighted by Gasteiger charge is 2.45. The summed E-state index contributed by atoms with van der Waals surface area (Å²) in [7, 11) is -1.60. The highest BCUT2D eigenvalue weighted by Crippen LogP contribution is 2.51. The molecule has 0 atom stereocenters. The van der Waals surface area contributed by atoms with E-state index < -0.39 is 8.07 Å². The zero-order valence-corrected chi connectivity index (χ0v) is 19.6. The third-order valence-corrected chi connectivity index (χ3v) is 10.4. The van der Waals surface area contributed by atoms with Gasteiger partial charge in [0.15, 0.2) is 0 Å². The van der Waals surface area contributed by atoms with E-state index in [1.807, 2.05) is 0 Å². The van der Waals surface area contributed by atoms with Gasteiger partial charge in [-0.2, -0.15) is 0 Å². The molecule has 2 aromatic rings. The van der Waals surface area contributed by atoms with Gasteiger partial charge >= 0.3 is 0 Å². The second-order valence-electron chi connectivity index (χ2n) is 10.3. The summed E-state index contributed by atoms with van der Waals surface area (Å²) in [5, 5.41) is 3.39. The molecule has 28 heavy (non-hydrogen) atoms. The van der Waals surface area contributed by atoms with E-state index in [0.29, 0.717) is 0 Å². The van der Waals surface area contributed by atoms with Crippen molar-refractivity contribution in [3.05, 3.63) is 65.1 Å². The molecule has 1 heterocycles. The van der Waals surface area contributed by atoms with Gasteiger partial charge < -0.3 is 0 Å². The van der Waals surface area contributed by atoms with Gasteiger partial charge in [-0.1, -0.05) is 102 Å². The monoisotopic (exact) mass is 387 g/mol. The van der Waals surface area contributed by atoms with E-state index in [1.165, 1.54) is 48.8 Å². The van der Waals surface area contributed by atoms with Crippen molar-refractivity contribution in [3.8, 4) is 11.1 Å². The van der Waals surface area contributed by atoms with E-state index in [-0.39, 0.29) is 5.41 Å². The van der Waals surface area contributed by atoms with Crippen LogP contribution < -0.4 is 5.19 Å². The fourth-order valence-corrected chi connectivity index (χ4v) is 8.73. The van der Waals surface area contributed by atoms with Crippen molar-refractivity contribution in [2.45, 2.75) is 78.3 Å². The number of hydrogen-bond donors (Lipinski definition) is 0. The molecule has 0 fully saturated rings. The maximum atomic E-state index is 2.56. The van der Waals surface area contributed by atoms with E-state index in [1.54, 1.807) is 27.1 Å². The Labute approximate surface area is 173 Å². The van der Waals surface area contributed by atoms with Crippen molar-refractivity contribution in [2.75, 3.05) is 0 Å². The van der Waals surface area contributed by atoms with Crippen LogP contribution in [0.4, 0.5) is 0 Å². The van der Waals surface area contributed by atoms with E-state index in [0.717, 1.165) is 0 Å². The third-order valence-electron chi connectivity index (χ3n) is 6.78. The molecule has 2 aromatic carbocycles. The number of benzene rings is 2. The molecule has 1 aliphatic heterocycles. The first kappa shape index (κ1) is 19.7. The van der Waals surface area contributed by atoms with Crippen LogP contribution in [0.5, 0.6) is 0 Å². The van der Waals surface area contributed by atoms with Crippen molar-refractivity contribution in [2.24, 2.45) is 0 Å². The van der Waals surface area contributed by atoms with Crippen molar-refractivity contribution in [1.29, 1.82) is 0 Å². The molecule has 1 aliphatic carbocycles. The van der Waals surface area contributed by atoms with Crippen molar-refractivity contribution >= 4 is 18.5 Å². The average Bonchev–Trinajstić information content (AvgIpc) is 3.09. The Balaban J connectivity index is 1.75.